The van der Waals surface area contributed by atoms with Crippen LogP contribution in [0.4, 0.5) is 0 Å². The summed E-state index contributed by atoms with van der Waals surface area (Å²) < 4.78 is 0. The van der Waals surface area contributed by atoms with E-state index in [2.05, 4.69) is 24.8 Å². The number of benzene rings is 1. The lowest BCUT2D eigenvalue weighted by Gasteiger charge is -2.40. The highest BCUT2D eigenvalue weighted by Crippen LogP contribution is 2.50. The van der Waals surface area contributed by atoms with E-state index in [1.807, 2.05) is 6.07 Å². The number of nitrogens with two attached hydrogens (primary N) is 1. The molecule has 1 aliphatic carbocycles. The molecule has 3 rings (SSSR count). The van der Waals surface area contributed by atoms with Crippen LogP contribution in [0.2, 0.25) is 0 Å². The molecule has 3 N–H and O–H groups in total. The van der Waals surface area contributed by atoms with Crippen molar-refractivity contribution < 1.29 is 5.11 Å². The summed E-state index contributed by atoms with van der Waals surface area (Å²) in [6.45, 7) is 6.38. The Morgan fingerprint density at radius 3 is 2.86 bits per heavy atom. The molecule has 0 saturated carbocycles. The molecule has 1 heterocycles. The predicted octanol–water partition coefficient (Wildman–Crippen LogP) is 3.45. The Bertz CT molecular complexity index is 512. The van der Waals surface area contributed by atoms with Gasteiger partial charge in [-0.25, -0.2) is 0 Å². The van der Waals surface area contributed by atoms with Gasteiger partial charge in [0.25, 0.3) is 0 Å². The van der Waals surface area contributed by atoms with E-state index in [1.165, 1.54) is 36.0 Å². The standard InChI is InChI=1S/C18H28N2O/c1-12-6-7-16(21)18-15(11-13(2)17(12)18)20-10-4-3-5-14(20)8-9-19/h6-7,13-15,21H,3-5,8-11,19H2,1-2H3. The third kappa shape index (κ3) is 2.58. The first-order valence-electron chi connectivity index (χ1n) is 8.41. The van der Waals surface area contributed by atoms with Crippen molar-refractivity contribution in [1.82, 2.24) is 4.90 Å². The van der Waals surface area contributed by atoms with Crippen LogP contribution in [0.3, 0.4) is 0 Å². The summed E-state index contributed by atoms with van der Waals surface area (Å²) in [7, 11) is 0. The van der Waals surface area contributed by atoms with E-state index in [9.17, 15) is 5.11 Å². The minimum Gasteiger partial charge on any atom is -0.508 e. The molecule has 3 heteroatoms. The van der Waals surface area contributed by atoms with Crippen molar-refractivity contribution >= 4 is 0 Å². The maximum Gasteiger partial charge on any atom is 0.120 e. The maximum absolute atomic E-state index is 10.4. The van der Waals surface area contributed by atoms with E-state index in [4.69, 9.17) is 5.73 Å². The number of phenols is 1. The Balaban J connectivity index is 1.96. The first-order valence-corrected chi connectivity index (χ1v) is 8.41. The van der Waals surface area contributed by atoms with Crippen molar-refractivity contribution in [2.24, 2.45) is 5.73 Å². The van der Waals surface area contributed by atoms with Crippen LogP contribution in [0.5, 0.6) is 5.75 Å². The van der Waals surface area contributed by atoms with Gasteiger partial charge in [0.2, 0.25) is 0 Å². The minimum absolute atomic E-state index is 0.381. The van der Waals surface area contributed by atoms with Crippen LogP contribution < -0.4 is 5.73 Å². The minimum atomic E-state index is 0.381. The van der Waals surface area contributed by atoms with Crippen LogP contribution in [0.25, 0.3) is 0 Å². The Labute approximate surface area is 128 Å². The topological polar surface area (TPSA) is 49.5 Å². The monoisotopic (exact) mass is 288 g/mol. The molecule has 0 bridgehead atoms. The van der Waals surface area contributed by atoms with Gasteiger partial charge in [0.15, 0.2) is 0 Å². The molecular weight excluding hydrogens is 260 g/mol. The number of likely N-dealkylation sites (tertiary alicyclic amines) is 1. The van der Waals surface area contributed by atoms with Crippen molar-refractivity contribution in [3.8, 4) is 5.75 Å². The highest BCUT2D eigenvalue weighted by atomic mass is 16.3. The molecule has 3 atom stereocenters. The molecule has 3 unspecified atom stereocenters. The molecule has 1 aromatic rings. The Morgan fingerprint density at radius 2 is 2.10 bits per heavy atom. The van der Waals surface area contributed by atoms with Gasteiger partial charge in [-0.15, -0.1) is 0 Å². The van der Waals surface area contributed by atoms with Crippen LogP contribution in [-0.2, 0) is 0 Å². The number of aryl methyl sites for hydroxylation is 1. The molecule has 0 aromatic heterocycles. The third-order valence-corrected chi connectivity index (χ3v) is 5.46. The quantitative estimate of drug-likeness (QED) is 0.895. The fourth-order valence-corrected chi connectivity index (χ4v) is 4.55. The molecule has 2 aliphatic rings. The molecule has 1 fully saturated rings. The second-order valence-electron chi connectivity index (χ2n) is 6.85. The Hall–Kier alpha value is -1.06. The number of hydrogen-bond acceptors (Lipinski definition) is 3. The molecule has 1 saturated heterocycles. The van der Waals surface area contributed by atoms with E-state index in [0.29, 0.717) is 23.8 Å². The number of piperidine rings is 1. The van der Waals surface area contributed by atoms with Gasteiger partial charge in [-0.05, 0) is 68.8 Å². The second-order valence-corrected chi connectivity index (χ2v) is 6.85. The van der Waals surface area contributed by atoms with E-state index in [-0.39, 0.29) is 0 Å². The van der Waals surface area contributed by atoms with Gasteiger partial charge in [-0.3, -0.25) is 4.90 Å². The van der Waals surface area contributed by atoms with Crippen molar-refractivity contribution in [1.29, 1.82) is 0 Å². The van der Waals surface area contributed by atoms with E-state index >= 15 is 0 Å². The highest BCUT2D eigenvalue weighted by molar-refractivity contribution is 5.51. The van der Waals surface area contributed by atoms with Crippen LogP contribution in [0.1, 0.15) is 67.7 Å². The van der Waals surface area contributed by atoms with Crippen LogP contribution in [0, 0.1) is 6.92 Å². The van der Waals surface area contributed by atoms with Gasteiger partial charge >= 0.3 is 0 Å². The number of hydrogen-bond donors (Lipinski definition) is 2. The zero-order valence-electron chi connectivity index (χ0n) is 13.3. The number of aromatic hydroxyl groups is 1. The average Bonchev–Trinajstić information content (AvgIpc) is 2.83. The summed E-state index contributed by atoms with van der Waals surface area (Å²) >= 11 is 0. The Morgan fingerprint density at radius 1 is 1.29 bits per heavy atom. The zero-order valence-corrected chi connectivity index (χ0v) is 13.3. The summed E-state index contributed by atoms with van der Waals surface area (Å²) in [5.41, 5.74) is 9.73. The fraction of sp³-hybridized carbons (Fsp3) is 0.667. The predicted molar refractivity (Wildman–Crippen MR) is 86.6 cm³/mol. The van der Waals surface area contributed by atoms with Gasteiger partial charge in [-0.2, -0.15) is 0 Å². The van der Waals surface area contributed by atoms with Crippen molar-refractivity contribution in [2.45, 2.75) is 64.0 Å². The molecule has 1 aromatic carbocycles. The van der Waals surface area contributed by atoms with Crippen molar-refractivity contribution in [2.75, 3.05) is 13.1 Å². The smallest absolute Gasteiger partial charge is 0.120 e. The van der Waals surface area contributed by atoms with Crippen LogP contribution in [-0.4, -0.2) is 29.1 Å². The number of phenolic OH excluding ortho intramolecular Hbond substituents is 1. The van der Waals surface area contributed by atoms with Gasteiger partial charge in [0, 0.05) is 17.6 Å². The summed E-state index contributed by atoms with van der Waals surface area (Å²) in [6, 6.07) is 4.90. The molecule has 116 valence electrons. The molecule has 21 heavy (non-hydrogen) atoms. The lowest BCUT2D eigenvalue weighted by molar-refractivity contribution is 0.0868. The summed E-state index contributed by atoms with van der Waals surface area (Å²) in [5, 5.41) is 10.4. The number of nitrogens with zero attached hydrogens (tertiary/aromatic N) is 1. The average molecular weight is 288 g/mol. The van der Waals surface area contributed by atoms with Gasteiger partial charge < -0.3 is 10.8 Å². The van der Waals surface area contributed by atoms with Gasteiger partial charge in [0.1, 0.15) is 5.75 Å². The first kappa shape index (κ1) is 14.9. The van der Waals surface area contributed by atoms with E-state index in [0.717, 1.165) is 25.9 Å². The lowest BCUT2D eigenvalue weighted by Crippen LogP contribution is -2.42. The van der Waals surface area contributed by atoms with Gasteiger partial charge in [0.05, 0.1) is 0 Å². The first-order chi connectivity index (χ1) is 10.1. The molecule has 0 spiro atoms. The largest absolute Gasteiger partial charge is 0.508 e. The molecule has 1 aliphatic heterocycles. The molecule has 0 amide bonds. The summed E-state index contributed by atoms with van der Waals surface area (Å²) in [4.78, 5) is 2.64. The maximum atomic E-state index is 10.4. The van der Waals surface area contributed by atoms with Gasteiger partial charge in [-0.1, -0.05) is 19.4 Å². The van der Waals surface area contributed by atoms with Crippen LogP contribution >= 0.6 is 0 Å². The van der Waals surface area contributed by atoms with E-state index in [1.54, 1.807) is 0 Å². The van der Waals surface area contributed by atoms with Crippen molar-refractivity contribution in [3.05, 3.63) is 28.8 Å². The fourth-order valence-electron chi connectivity index (χ4n) is 4.55. The third-order valence-electron chi connectivity index (χ3n) is 5.46. The summed E-state index contributed by atoms with van der Waals surface area (Å²) in [6.07, 6.45) is 6.05. The van der Waals surface area contributed by atoms with E-state index < -0.39 is 0 Å². The normalized spacial score (nSPS) is 29.6. The molecule has 0 radical (unpaired) electrons. The second kappa shape index (κ2) is 5.98. The zero-order chi connectivity index (χ0) is 15.0. The summed E-state index contributed by atoms with van der Waals surface area (Å²) in [5.74, 6) is 1.03. The molecular formula is C18H28N2O. The number of fused-ring (bicyclic) bond motifs is 1. The SMILES string of the molecule is Cc1ccc(O)c2c1C(C)CC2N1CCCCC1CCN. The Kier molecular flexibility index (Phi) is 4.23. The lowest BCUT2D eigenvalue weighted by atomic mass is 9.94. The van der Waals surface area contributed by atoms with Crippen molar-refractivity contribution in [3.63, 3.8) is 0 Å². The number of rotatable bonds is 3. The molecule has 3 nitrogen and oxygen atoms in total. The highest BCUT2D eigenvalue weighted by Gasteiger charge is 2.38. The van der Waals surface area contributed by atoms with Crippen LogP contribution in [0.15, 0.2) is 12.1 Å².